The summed E-state index contributed by atoms with van der Waals surface area (Å²) in [5.41, 5.74) is 3.41. The number of carbonyl (C=O) groups is 1. The molecule has 1 heterocycles. The number of aromatic nitrogens is 1. The first kappa shape index (κ1) is 25.9. The van der Waals surface area contributed by atoms with E-state index in [1.807, 2.05) is 32.0 Å². The van der Waals surface area contributed by atoms with Crippen molar-refractivity contribution in [1.29, 1.82) is 0 Å². The Balaban J connectivity index is 1.71. The number of pyridine rings is 1. The molecule has 3 aromatic rings. The molecule has 0 aliphatic rings. The molecule has 8 heteroatoms. The van der Waals surface area contributed by atoms with Gasteiger partial charge < -0.3 is 20.1 Å². The number of H-pyrrole nitrogens is 1. The standard InChI is InChI=1S/C27H32BN3O4/c1-6-27(5,7-2)35-23-13-10-19(15-17(23)4)29-26(33)30-22-12-9-18(16-21(22)28)20-11-14-24(32)31-25(20)34-8-3/h9-16H,6-8H2,1-5H3,(H,31,32)(H2,29,30,33). The molecule has 2 radical (unpaired) electrons. The van der Waals surface area contributed by atoms with Gasteiger partial charge in [0.05, 0.1) is 6.61 Å². The average Bonchev–Trinajstić information content (AvgIpc) is 2.82. The lowest BCUT2D eigenvalue weighted by molar-refractivity contribution is 0.0795. The van der Waals surface area contributed by atoms with Crippen LogP contribution in [0.5, 0.6) is 11.6 Å². The van der Waals surface area contributed by atoms with Gasteiger partial charge in [-0.25, -0.2) is 4.79 Å². The quantitative estimate of drug-likeness (QED) is 0.375. The predicted molar refractivity (Wildman–Crippen MR) is 142 cm³/mol. The first-order valence-electron chi connectivity index (χ1n) is 11.8. The molecule has 0 fully saturated rings. The van der Waals surface area contributed by atoms with Gasteiger partial charge in [-0.2, -0.15) is 0 Å². The summed E-state index contributed by atoms with van der Waals surface area (Å²) in [6.45, 7) is 10.5. The number of anilines is 2. The fourth-order valence-corrected chi connectivity index (χ4v) is 3.57. The van der Waals surface area contributed by atoms with Crippen LogP contribution in [0, 0.1) is 6.92 Å². The number of aromatic amines is 1. The second-order valence-electron chi connectivity index (χ2n) is 8.62. The Labute approximate surface area is 207 Å². The van der Waals surface area contributed by atoms with Crippen molar-refractivity contribution < 1.29 is 14.3 Å². The molecule has 0 atom stereocenters. The zero-order valence-corrected chi connectivity index (χ0v) is 21.0. The molecule has 0 spiro atoms. The summed E-state index contributed by atoms with van der Waals surface area (Å²) >= 11 is 0. The second kappa shape index (κ2) is 11.2. The third-order valence-corrected chi connectivity index (χ3v) is 6.07. The lowest BCUT2D eigenvalue weighted by Gasteiger charge is -2.29. The Bertz CT molecular complexity index is 1250. The summed E-state index contributed by atoms with van der Waals surface area (Å²) < 4.78 is 11.8. The van der Waals surface area contributed by atoms with Crippen molar-refractivity contribution in [2.45, 2.75) is 53.1 Å². The SMILES string of the molecule is [B]c1cc(-c2ccc(=O)[nH]c2OCC)ccc1NC(=O)Nc1ccc(OC(C)(CC)CC)c(C)c1. The fourth-order valence-electron chi connectivity index (χ4n) is 3.57. The minimum atomic E-state index is -0.413. The van der Waals surface area contributed by atoms with Gasteiger partial charge >= 0.3 is 6.03 Å². The Kier molecular flexibility index (Phi) is 8.28. The number of hydrogen-bond donors (Lipinski definition) is 3. The van der Waals surface area contributed by atoms with E-state index in [1.165, 1.54) is 6.07 Å². The van der Waals surface area contributed by atoms with E-state index in [4.69, 9.17) is 17.3 Å². The molecule has 2 amide bonds. The van der Waals surface area contributed by atoms with Crippen molar-refractivity contribution in [3.63, 3.8) is 0 Å². The van der Waals surface area contributed by atoms with E-state index >= 15 is 0 Å². The highest BCUT2D eigenvalue weighted by atomic mass is 16.5. The molecule has 0 aliphatic carbocycles. The number of hydrogen-bond acceptors (Lipinski definition) is 4. The second-order valence-corrected chi connectivity index (χ2v) is 8.62. The van der Waals surface area contributed by atoms with Gasteiger partial charge in [0, 0.05) is 23.0 Å². The third-order valence-electron chi connectivity index (χ3n) is 6.07. The van der Waals surface area contributed by atoms with Crippen LogP contribution in [0.1, 0.15) is 46.1 Å². The van der Waals surface area contributed by atoms with Crippen molar-refractivity contribution in [2.24, 2.45) is 0 Å². The monoisotopic (exact) mass is 473 g/mol. The number of benzene rings is 2. The number of carbonyl (C=O) groups excluding carboxylic acids is 1. The summed E-state index contributed by atoms with van der Waals surface area (Å²) in [7, 11) is 6.21. The van der Waals surface area contributed by atoms with Gasteiger partial charge in [0.15, 0.2) is 0 Å². The minimum Gasteiger partial charge on any atom is -0.487 e. The molecule has 35 heavy (non-hydrogen) atoms. The number of aryl methyl sites for hydroxylation is 1. The third kappa shape index (κ3) is 6.47. The van der Waals surface area contributed by atoms with Crippen LogP contribution in [0.3, 0.4) is 0 Å². The molecule has 3 N–H and O–H groups in total. The minimum absolute atomic E-state index is 0.223. The van der Waals surface area contributed by atoms with E-state index in [-0.39, 0.29) is 11.2 Å². The first-order chi connectivity index (χ1) is 16.7. The van der Waals surface area contributed by atoms with Crippen LogP contribution in [0.25, 0.3) is 11.1 Å². The Morgan fingerprint density at radius 2 is 1.77 bits per heavy atom. The summed E-state index contributed by atoms with van der Waals surface area (Å²) in [6.07, 6.45) is 1.81. The predicted octanol–water partition coefficient (Wildman–Crippen LogP) is 5.14. The molecule has 0 aliphatic heterocycles. The van der Waals surface area contributed by atoms with Crippen LogP contribution in [0.2, 0.25) is 0 Å². The normalized spacial score (nSPS) is 11.1. The van der Waals surface area contributed by atoms with Gasteiger partial charge in [0.25, 0.3) is 5.56 Å². The van der Waals surface area contributed by atoms with E-state index in [2.05, 4.69) is 36.4 Å². The fraction of sp³-hybridized carbons (Fsp3) is 0.333. The molecule has 0 unspecified atom stereocenters. The number of ether oxygens (including phenoxy) is 2. The lowest BCUT2D eigenvalue weighted by atomic mass is 9.90. The van der Waals surface area contributed by atoms with E-state index in [1.54, 1.807) is 24.3 Å². The van der Waals surface area contributed by atoms with Crippen molar-refractivity contribution in [1.82, 2.24) is 4.98 Å². The summed E-state index contributed by atoms with van der Waals surface area (Å²) in [5, 5.41) is 5.62. The first-order valence-corrected chi connectivity index (χ1v) is 11.8. The maximum Gasteiger partial charge on any atom is 0.323 e. The topological polar surface area (TPSA) is 92.5 Å². The van der Waals surface area contributed by atoms with E-state index in [0.29, 0.717) is 34.9 Å². The molecule has 0 saturated heterocycles. The molecular weight excluding hydrogens is 441 g/mol. The van der Waals surface area contributed by atoms with Crippen molar-refractivity contribution in [3.8, 4) is 22.8 Å². The number of amides is 2. The van der Waals surface area contributed by atoms with Gasteiger partial charge in [-0.3, -0.25) is 9.78 Å². The number of nitrogens with one attached hydrogen (secondary N) is 3. The summed E-state index contributed by atoms with van der Waals surface area (Å²) in [6, 6.07) is 13.5. The lowest BCUT2D eigenvalue weighted by Crippen LogP contribution is -2.30. The highest BCUT2D eigenvalue weighted by Crippen LogP contribution is 2.29. The zero-order valence-electron chi connectivity index (χ0n) is 21.0. The molecule has 182 valence electrons. The van der Waals surface area contributed by atoms with E-state index < -0.39 is 6.03 Å². The highest BCUT2D eigenvalue weighted by molar-refractivity contribution is 6.37. The molecule has 0 bridgehead atoms. The maximum atomic E-state index is 12.6. The van der Waals surface area contributed by atoms with Crippen LogP contribution < -0.4 is 31.1 Å². The smallest absolute Gasteiger partial charge is 0.323 e. The van der Waals surface area contributed by atoms with Gasteiger partial charge in [0.1, 0.15) is 19.2 Å². The van der Waals surface area contributed by atoms with Crippen LogP contribution in [0.4, 0.5) is 16.2 Å². The van der Waals surface area contributed by atoms with Crippen LogP contribution in [-0.4, -0.2) is 31.1 Å². The Morgan fingerprint density at radius 3 is 2.40 bits per heavy atom. The Hall–Kier alpha value is -3.68. The van der Waals surface area contributed by atoms with Crippen molar-refractivity contribution in [2.75, 3.05) is 17.2 Å². The summed E-state index contributed by atoms with van der Waals surface area (Å²) in [5.74, 6) is 1.18. The molecule has 3 rings (SSSR count). The van der Waals surface area contributed by atoms with Crippen LogP contribution >= 0.6 is 0 Å². The average molecular weight is 473 g/mol. The van der Waals surface area contributed by atoms with Gasteiger partial charge in [0.2, 0.25) is 5.88 Å². The largest absolute Gasteiger partial charge is 0.487 e. The van der Waals surface area contributed by atoms with Gasteiger partial charge in [-0.05, 0) is 75.1 Å². The maximum absolute atomic E-state index is 12.6. The van der Waals surface area contributed by atoms with E-state index in [9.17, 15) is 9.59 Å². The van der Waals surface area contributed by atoms with Crippen LogP contribution in [0.15, 0.2) is 53.3 Å². The molecular formula is C27H32BN3O4. The molecule has 0 saturated carbocycles. The highest BCUT2D eigenvalue weighted by Gasteiger charge is 2.22. The van der Waals surface area contributed by atoms with Gasteiger partial charge in [-0.15, -0.1) is 0 Å². The molecule has 2 aromatic carbocycles. The number of urea groups is 1. The van der Waals surface area contributed by atoms with Gasteiger partial charge in [-0.1, -0.05) is 31.4 Å². The van der Waals surface area contributed by atoms with Crippen molar-refractivity contribution in [3.05, 3.63) is 64.4 Å². The Morgan fingerprint density at radius 1 is 1.03 bits per heavy atom. The summed E-state index contributed by atoms with van der Waals surface area (Å²) in [4.78, 5) is 27.0. The molecule has 7 nitrogen and oxygen atoms in total. The van der Waals surface area contributed by atoms with E-state index in [0.717, 1.165) is 29.7 Å². The molecule has 1 aromatic heterocycles. The number of rotatable bonds is 9. The van der Waals surface area contributed by atoms with Crippen molar-refractivity contribution >= 4 is 30.7 Å². The van der Waals surface area contributed by atoms with Crippen LogP contribution in [-0.2, 0) is 0 Å². The zero-order chi connectivity index (χ0) is 25.6.